The number of cyclic esters (lactones) is 2. The molecular formula is C18H32O4. The van der Waals surface area contributed by atoms with Gasteiger partial charge in [-0.2, -0.15) is 0 Å². The molecule has 1 fully saturated rings. The molecule has 0 amide bonds. The van der Waals surface area contributed by atoms with Crippen LogP contribution in [0, 0.1) is 11.8 Å². The Labute approximate surface area is 134 Å². The molecule has 0 aliphatic carbocycles. The molecule has 4 nitrogen and oxygen atoms in total. The predicted octanol–water partition coefficient (Wildman–Crippen LogP) is 4.26. The molecule has 0 bridgehead atoms. The van der Waals surface area contributed by atoms with Gasteiger partial charge in [-0.1, -0.05) is 65.7 Å². The van der Waals surface area contributed by atoms with Gasteiger partial charge in [0.2, 0.25) is 0 Å². The van der Waals surface area contributed by atoms with Crippen LogP contribution in [0.3, 0.4) is 0 Å². The summed E-state index contributed by atoms with van der Waals surface area (Å²) in [5, 5.41) is 0. The van der Waals surface area contributed by atoms with Gasteiger partial charge in [-0.3, -0.25) is 9.59 Å². The van der Waals surface area contributed by atoms with E-state index in [2.05, 4.69) is 6.92 Å². The lowest BCUT2D eigenvalue weighted by atomic mass is 9.90. The Kier molecular flexibility index (Phi) is 9.37. The number of rotatable bonds is 12. The second kappa shape index (κ2) is 10.8. The highest BCUT2D eigenvalue weighted by molar-refractivity contribution is 5.96. The summed E-state index contributed by atoms with van der Waals surface area (Å²) in [5.41, 5.74) is 0. The third-order valence-corrected chi connectivity index (χ3v) is 4.52. The van der Waals surface area contributed by atoms with Crippen molar-refractivity contribution in [2.24, 2.45) is 11.8 Å². The van der Waals surface area contributed by atoms with Crippen LogP contribution in [0.5, 0.6) is 0 Å². The number of esters is 2. The molecule has 22 heavy (non-hydrogen) atoms. The van der Waals surface area contributed by atoms with Crippen LogP contribution in [0.25, 0.3) is 0 Å². The lowest BCUT2D eigenvalue weighted by Gasteiger charge is -2.21. The Hall–Kier alpha value is -0.900. The fourth-order valence-corrected chi connectivity index (χ4v) is 3.03. The van der Waals surface area contributed by atoms with Crippen molar-refractivity contribution in [2.45, 2.75) is 84.7 Å². The first-order valence-corrected chi connectivity index (χ1v) is 8.98. The zero-order valence-corrected chi connectivity index (χ0v) is 14.4. The highest BCUT2D eigenvalue weighted by Crippen LogP contribution is 2.29. The molecule has 1 saturated heterocycles. The van der Waals surface area contributed by atoms with Gasteiger partial charge in [0.15, 0.2) is 0 Å². The van der Waals surface area contributed by atoms with Crippen molar-refractivity contribution in [1.82, 2.24) is 0 Å². The smallest absolute Gasteiger partial charge is 0.320 e. The Balaban J connectivity index is 2.14. The van der Waals surface area contributed by atoms with E-state index in [9.17, 15) is 9.59 Å². The van der Waals surface area contributed by atoms with Crippen molar-refractivity contribution >= 4 is 11.9 Å². The Bertz CT molecular complexity index is 340. The van der Waals surface area contributed by atoms with Gasteiger partial charge >= 0.3 is 11.9 Å². The monoisotopic (exact) mass is 312 g/mol. The molecule has 3 atom stereocenters. The van der Waals surface area contributed by atoms with Crippen molar-refractivity contribution in [3.8, 4) is 0 Å². The first kappa shape index (κ1) is 19.1. The number of unbranched alkanes of at least 4 members (excludes halogenated alkanes) is 7. The van der Waals surface area contributed by atoms with Crippen LogP contribution < -0.4 is 0 Å². The van der Waals surface area contributed by atoms with E-state index in [-0.39, 0.29) is 12.0 Å². The fourth-order valence-electron chi connectivity index (χ4n) is 3.03. The van der Waals surface area contributed by atoms with Crippen LogP contribution in [0.15, 0.2) is 0 Å². The quantitative estimate of drug-likeness (QED) is 0.307. The summed E-state index contributed by atoms with van der Waals surface area (Å²) in [6.07, 6.45) is 10.6. The number of ether oxygens (including phenoxy) is 2. The molecule has 0 N–H and O–H groups in total. The van der Waals surface area contributed by atoms with Crippen LogP contribution >= 0.6 is 0 Å². The summed E-state index contributed by atoms with van der Waals surface area (Å²) < 4.78 is 10.6. The molecule has 0 radical (unpaired) electrons. The van der Waals surface area contributed by atoms with Crippen LogP contribution in [0.4, 0.5) is 0 Å². The fraction of sp³-hybridized carbons (Fsp3) is 0.889. The standard InChI is InChI=1S/C18H32O4/c1-4-6-7-8-9-10-11-12-13-21-15(5-2)16-14(3)17(19)22-18(16)20/h14-16H,4-13H2,1-3H3. The van der Waals surface area contributed by atoms with E-state index in [0.717, 1.165) is 12.8 Å². The van der Waals surface area contributed by atoms with Gasteiger partial charge in [0.25, 0.3) is 0 Å². The summed E-state index contributed by atoms with van der Waals surface area (Å²) in [7, 11) is 0. The van der Waals surface area contributed by atoms with Crippen molar-refractivity contribution < 1.29 is 19.1 Å². The summed E-state index contributed by atoms with van der Waals surface area (Å²) >= 11 is 0. The summed E-state index contributed by atoms with van der Waals surface area (Å²) in [4.78, 5) is 23.2. The zero-order valence-electron chi connectivity index (χ0n) is 14.4. The number of hydrogen-bond acceptors (Lipinski definition) is 4. The van der Waals surface area contributed by atoms with E-state index < -0.39 is 17.9 Å². The van der Waals surface area contributed by atoms with Gasteiger partial charge in [-0.25, -0.2) is 0 Å². The third kappa shape index (κ3) is 6.07. The van der Waals surface area contributed by atoms with Crippen molar-refractivity contribution in [3.63, 3.8) is 0 Å². The van der Waals surface area contributed by atoms with Crippen molar-refractivity contribution in [3.05, 3.63) is 0 Å². The summed E-state index contributed by atoms with van der Waals surface area (Å²) in [6, 6.07) is 0. The lowest BCUT2D eigenvalue weighted by Crippen LogP contribution is -2.31. The first-order valence-electron chi connectivity index (χ1n) is 8.98. The van der Waals surface area contributed by atoms with E-state index in [1.54, 1.807) is 6.92 Å². The van der Waals surface area contributed by atoms with Crippen molar-refractivity contribution in [1.29, 1.82) is 0 Å². The lowest BCUT2D eigenvalue weighted by molar-refractivity contribution is -0.154. The summed E-state index contributed by atoms with van der Waals surface area (Å²) in [6.45, 7) is 6.63. The highest BCUT2D eigenvalue weighted by atomic mass is 16.6. The molecule has 1 aliphatic rings. The average molecular weight is 312 g/mol. The molecule has 3 unspecified atom stereocenters. The maximum absolute atomic E-state index is 11.7. The molecule has 0 aromatic rings. The van der Waals surface area contributed by atoms with Crippen LogP contribution in [-0.2, 0) is 19.1 Å². The Morgan fingerprint density at radius 2 is 1.55 bits per heavy atom. The molecule has 0 aromatic carbocycles. The minimum absolute atomic E-state index is 0.196. The maximum atomic E-state index is 11.7. The summed E-state index contributed by atoms with van der Waals surface area (Å²) in [5.74, 6) is -1.63. The molecule has 128 valence electrons. The topological polar surface area (TPSA) is 52.6 Å². The number of carbonyl (C=O) groups excluding carboxylic acids is 2. The SMILES string of the molecule is CCCCCCCCCCOC(CC)C1C(=O)OC(=O)C1C. The molecular weight excluding hydrogens is 280 g/mol. The van der Waals surface area contributed by atoms with E-state index in [1.165, 1.54) is 44.9 Å². The van der Waals surface area contributed by atoms with Gasteiger partial charge in [0, 0.05) is 6.61 Å². The third-order valence-electron chi connectivity index (χ3n) is 4.52. The van der Waals surface area contributed by atoms with Crippen molar-refractivity contribution in [2.75, 3.05) is 6.61 Å². The minimum Gasteiger partial charge on any atom is -0.393 e. The van der Waals surface area contributed by atoms with Gasteiger partial charge in [-0.05, 0) is 12.8 Å². The van der Waals surface area contributed by atoms with E-state index >= 15 is 0 Å². The molecule has 0 aromatic heterocycles. The van der Waals surface area contributed by atoms with Crippen LogP contribution in [0.1, 0.15) is 78.6 Å². The second-order valence-corrected chi connectivity index (χ2v) is 6.35. The van der Waals surface area contributed by atoms with Gasteiger partial charge in [-0.15, -0.1) is 0 Å². The molecule has 1 aliphatic heterocycles. The van der Waals surface area contributed by atoms with Crippen LogP contribution in [-0.4, -0.2) is 24.6 Å². The Morgan fingerprint density at radius 3 is 2.05 bits per heavy atom. The second-order valence-electron chi connectivity index (χ2n) is 6.35. The van der Waals surface area contributed by atoms with Gasteiger partial charge in [0.1, 0.15) is 0 Å². The normalized spacial score (nSPS) is 22.9. The van der Waals surface area contributed by atoms with E-state index in [4.69, 9.17) is 9.47 Å². The molecule has 0 spiro atoms. The highest BCUT2D eigenvalue weighted by Gasteiger charge is 2.45. The number of hydrogen-bond donors (Lipinski definition) is 0. The molecule has 1 heterocycles. The van der Waals surface area contributed by atoms with Gasteiger partial charge in [0.05, 0.1) is 17.9 Å². The molecule has 0 saturated carbocycles. The predicted molar refractivity (Wildman–Crippen MR) is 86.4 cm³/mol. The largest absolute Gasteiger partial charge is 0.393 e. The molecule has 4 heteroatoms. The van der Waals surface area contributed by atoms with E-state index in [0.29, 0.717) is 6.61 Å². The maximum Gasteiger partial charge on any atom is 0.320 e. The van der Waals surface area contributed by atoms with E-state index in [1.807, 2.05) is 6.92 Å². The Morgan fingerprint density at radius 1 is 0.955 bits per heavy atom. The zero-order chi connectivity index (χ0) is 16.4. The average Bonchev–Trinajstić information content (AvgIpc) is 2.75. The van der Waals surface area contributed by atoms with Gasteiger partial charge < -0.3 is 9.47 Å². The molecule has 1 rings (SSSR count). The van der Waals surface area contributed by atoms with Crippen LogP contribution in [0.2, 0.25) is 0 Å². The first-order chi connectivity index (χ1) is 10.6. The number of carbonyl (C=O) groups is 2. The minimum atomic E-state index is -0.424.